The first-order valence-corrected chi connectivity index (χ1v) is 11.2. The molecule has 2 N–H and O–H groups in total. The second-order valence-corrected chi connectivity index (χ2v) is 8.08. The van der Waals surface area contributed by atoms with Crippen LogP contribution >= 0.6 is 0 Å². The summed E-state index contributed by atoms with van der Waals surface area (Å²) >= 11 is 0. The van der Waals surface area contributed by atoms with Crippen molar-refractivity contribution in [1.82, 2.24) is 25.6 Å². The van der Waals surface area contributed by atoms with Gasteiger partial charge in [0, 0.05) is 49.9 Å². The first kappa shape index (κ1) is 22.6. The van der Waals surface area contributed by atoms with E-state index in [4.69, 9.17) is 16.3 Å². The van der Waals surface area contributed by atoms with Gasteiger partial charge in [-0.05, 0) is 67.4 Å². The summed E-state index contributed by atoms with van der Waals surface area (Å²) < 4.78 is 6.08. The number of nitrogens with zero attached hydrogens (tertiary/aromatic N) is 4. The number of rotatable bonds is 10. The van der Waals surface area contributed by atoms with Crippen LogP contribution in [0.4, 0.5) is 5.69 Å². The molecule has 0 aromatic carbocycles. The summed E-state index contributed by atoms with van der Waals surface area (Å²) in [6, 6.07) is 9.76. The van der Waals surface area contributed by atoms with Gasteiger partial charge in [-0.25, -0.2) is 4.85 Å². The third-order valence-corrected chi connectivity index (χ3v) is 5.50. The van der Waals surface area contributed by atoms with Crippen molar-refractivity contribution in [3.05, 3.63) is 89.1 Å². The highest BCUT2D eigenvalue weighted by molar-refractivity contribution is 5.70. The molecule has 1 aliphatic rings. The van der Waals surface area contributed by atoms with Gasteiger partial charge in [0.05, 0.1) is 24.6 Å². The number of nitrogens with one attached hydrogen (secondary N) is 2. The Bertz CT molecular complexity index is 1100. The van der Waals surface area contributed by atoms with E-state index >= 15 is 0 Å². The van der Waals surface area contributed by atoms with Gasteiger partial charge in [-0.2, -0.15) is 0 Å². The van der Waals surface area contributed by atoms with Crippen molar-refractivity contribution < 1.29 is 4.74 Å². The molecule has 7 heteroatoms. The van der Waals surface area contributed by atoms with E-state index in [1.165, 1.54) is 12.0 Å². The van der Waals surface area contributed by atoms with Crippen LogP contribution in [0, 0.1) is 12.5 Å². The van der Waals surface area contributed by atoms with E-state index in [1.807, 2.05) is 42.5 Å². The molecule has 33 heavy (non-hydrogen) atoms. The SMILES string of the molecule is [C-]#[N+]c1cncc(/C=C/c2cc(OCCc3ccncc3)cc(CNCC3CCNC3)n2)c1. The molecule has 7 nitrogen and oxygen atoms in total. The molecular formula is C26H28N6O. The second-order valence-electron chi connectivity index (χ2n) is 8.08. The standard InChI is InChI=1S/C26H28N6O/c1-27-24-12-21(15-30-18-24)2-3-23-13-26(33-11-7-20-4-8-28-9-5-20)14-25(32-23)19-31-17-22-6-10-29-16-22/h2-5,8-9,12-15,18,22,29,31H,6-7,10-11,16-17,19H2/b3-2+. The predicted molar refractivity (Wildman–Crippen MR) is 130 cm³/mol. The van der Waals surface area contributed by atoms with Gasteiger partial charge in [0.15, 0.2) is 0 Å². The summed E-state index contributed by atoms with van der Waals surface area (Å²) in [7, 11) is 0. The first-order valence-electron chi connectivity index (χ1n) is 11.2. The Morgan fingerprint density at radius 3 is 2.88 bits per heavy atom. The maximum Gasteiger partial charge on any atom is 0.205 e. The normalized spacial score (nSPS) is 15.5. The molecule has 3 aromatic rings. The van der Waals surface area contributed by atoms with E-state index in [1.54, 1.807) is 24.8 Å². The van der Waals surface area contributed by atoms with Gasteiger partial charge in [0.25, 0.3) is 0 Å². The number of hydrogen-bond donors (Lipinski definition) is 2. The first-order chi connectivity index (χ1) is 16.3. The third-order valence-electron chi connectivity index (χ3n) is 5.50. The summed E-state index contributed by atoms with van der Waals surface area (Å²) in [5.74, 6) is 1.47. The maximum atomic E-state index is 7.16. The number of aromatic nitrogens is 3. The monoisotopic (exact) mass is 440 g/mol. The zero-order valence-electron chi connectivity index (χ0n) is 18.6. The largest absolute Gasteiger partial charge is 0.493 e. The Hall–Kier alpha value is -3.60. The van der Waals surface area contributed by atoms with Crippen LogP contribution in [-0.4, -0.2) is 41.2 Å². The van der Waals surface area contributed by atoms with Crippen LogP contribution in [0.1, 0.15) is 28.9 Å². The second kappa shape index (κ2) is 11.9. The van der Waals surface area contributed by atoms with Crippen molar-refractivity contribution in [2.45, 2.75) is 19.4 Å². The molecule has 0 saturated carbocycles. The molecular weight excluding hydrogens is 412 g/mol. The topological polar surface area (TPSA) is 76.3 Å². The molecule has 0 spiro atoms. The fourth-order valence-electron chi connectivity index (χ4n) is 3.75. The van der Waals surface area contributed by atoms with Crippen molar-refractivity contribution in [1.29, 1.82) is 0 Å². The Labute approximate surface area is 194 Å². The Balaban J connectivity index is 1.44. The molecule has 1 saturated heterocycles. The average Bonchev–Trinajstić information content (AvgIpc) is 3.37. The average molecular weight is 441 g/mol. The maximum absolute atomic E-state index is 7.16. The molecule has 1 aliphatic heterocycles. The van der Waals surface area contributed by atoms with Gasteiger partial charge in [-0.3, -0.25) is 15.0 Å². The minimum atomic E-state index is 0.518. The van der Waals surface area contributed by atoms with Crippen LogP contribution in [0.2, 0.25) is 0 Å². The van der Waals surface area contributed by atoms with E-state index in [2.05, 4.69) is 25.4 Å². The summed E-state index contributed by atoms with van der Waals surface area (Å²) in [5.41, 5.74) is 4.32. The molecule has 1 atom stereocenters. The van der Waals surface area contributed by atoms with Crippen molar-refractivity contribution >= 4 is 17.8 Å². The smallest absolute Gasteiger partial charge is 0.205 e. The third kappa shape index (κ3) is 7.21. The highest BCUT2D eigenvalue weighted by Gasteiger charge is 2.13. The molecule has 1 fully saturated rings. The summed E-state index contributed by atoms with van der Waals surface area (Å²) in [5, 5.41) is 6.94. The molecule has 4 heterocycles. The van der Waals surface area contributed by atoms with E-state index in [0.717, 1.165) is 48.8 Å². The molecule has 0 bridgehead atoms. The van der Waals surface area contributed by atoms with Crippen molar-refractivity contribution in [2.24, 2.45) is 5.92 Å². The highest BCUT2D eigenvalue weighted by atomic mass is 16.5. The van der Waals surface area contributed by atoms with Crippen LogP contribution in [0.3, 0.4) is 0 Å². The molecule has 0 radical (unpaired) electrons. The van der Waals surface area contributed by atoms with Gasteiger partial charge in [-0.15, -0.1) is 0 Å². The Morgan fingerprint density at radius 2 is 2.06 bits per heavy atom. The zero-order chi connectivity index (χ0) is 22.7. The van der Waals surface area contributed by atoms with Gasteiger partial charge in [0.1, 0.15) is 5.75 Å². The summed E-state index contributed by atoms with van der Waals surface area (Å²) in [6.07, 6.45) is 12.8. The van der Waals surface area contributed by atoms with Crippen molar-refractivity contribution in [2.75, 3.05) is 26.2 Å². The van der Waals surface area contributed by atoms with Crippen LogP contribution in [0.5, 0.6) is 5.75 Å². The van der Waals surface area contributed by atoms with Gasteiger partial charge < -0.3 is 15.4 Å². The number of ether oxygens (including phenoxy) is 1. The molecule has 0 amide bonds. The van der Waals surface area contributed by atoms with E-state index in [9.17, 15) is 0 Å². The number of hydrogen-bond acceptors (Lipinski definition) is 6. The van der Waals surface area contributed by atoms with Crippen molar-refractivity contribution in [3.63, 3.8) is 0 Å². The molecule has 168 valence electrons. The quantitative estimate of drug-likeness (QED) is 0.466. The van der Waals surface area contributed by atoms with Crippen LogP contribution in [0.25, 0.3) is 17.0 Å². The number of pyridine rings is 3. The predicted octanol–water partition coefficient (Wildman–Crippen LogP) is 3.91. The lowest BCUT2D eigenvalue weighted by Gasteiger charge is -2.12. The van der Waals surface area contributed by atoms with Gasteiger partial charge in [-0.1, -0.05) is 6.08 Å². The van der Waals surface area contributed by atoms with Crippen LogP contribution < -0.4 is 15.4 Å². The minimum Gasteiger partial charge on any atom is -0.493 e. The van der Waals surface area contributed by atoms with Gasteiger partial charge >= 0.3 is 0 Å². The van der Waals surface area contributed by atoms with E-state index in [-0.39, 0.29) is 0 Å². The molecule has 0 aliphatic carbocycles. The highest BCUT2D eigenvalue weighted by Crippen LogP contribution is 2.19. The summed E-state index contributed by atoms with van der Waals surface area (Å²) in [6.45, 7) is 11.6. The molecule has 3 aromatic heterocycles. The fourth-order valence-corrected chi connectivity index (χ4v) is 3.75. The van der Waals surface area contributed by atoms with E-state index in [0.29, 0.717) is 24.8 Å². The van der Waals surface area contributed by atoms with E-state index < -0.39 is 0 Å². The molecule has 4 rings (SSSR count). The van der Waals surface area contributed by atoms with Crippen LogP contribution in [-0.2, 0) is 13.0 Å². The van der Waals surface area contributed by atoms with Crippen molar-refractivity contribution in [3.8, 4) is 5.75 Å². The summed E-state index contributed by atoms with van der Waals surface area (Å²) in [4.78, 5) is 16.4. The lowest BCUT2D eigenvalue weighted by Crippen LogP contribution is -2.24. The lowest BCUT2D eigenvalue weighted by molar-refractivity contribution is 0.321. The minimum absolute atomic E-state index is 0.518. The fraction of sp³-hybridized carbons (Fsp3) is 0.308. The zero-order valence-corrected chi connectivity index (χ0v) is 18.6. The lowest BCUT2D eigenvalue weighted by atomic mass is 10.1. The molecule has 1 unspecified atom stereocenters. The van der Waals surface area contributed by atoms with Gasteiger partial charge in [0.2, 0.25) is 5.69 Å². The van der Waals surface area contributed by atoms with Crippen LogP contribution in [0.15, 0.2) is 55.1 Å². The Kier molecular flexibility index (Phi) is 8.12. The Morgan fingerprint density at radius 1 is 1.15 bits per heavy atom.